The van der Waals surface area contributed by atoms with Gasteiger partial charge in [-0.05, 0) is 31.0 Å². The second-order valence-corrected chi connectivity index (χ2v) is 7.43. The van der Waals surface area contributed by atoms with E-state index in [1.807, 2.05) is 12.1 Å². The van der Waals surface area contributed by atoms with Crippen LogP contribution in [-0.4, -0.2) is 12.6 Å². The van der Waals surface area contributed by atoms with E-state index in [0.29, 0.717) is 12.2 Å². The first-order valence-electron chi connectivity index (χ1n) is 10.8. The summed E-state index contributed by atoms with van der Waals surface area (Å²) in [6.45, 7) is 6.62. The molecule has 1 aromatic carbocycles. The summed E-state index contributed by atoms with van der Waals surface area (Å²) in [5.74, 6) is -0.223. The molecule has 2 heteroatoms. The first kappa shape index (κ1) is 22.7. The van der Waals surface area contributed by atoms with Crippen LogP contribution < -0.4 is 0 Å². The minimum Gasteiger partial charge on any atom is -0.462 e. The van der Waals surface area contributed by atoms with Crippen molar-refractivity contribution in [2.75, 3.05) is 6.61 Å². The lowest BCUT2D eigenvalue weighted by Crippen LogP contribution is -2.06. The second kappa shape index (κ2) is 15.9. The van der Waals surface area contributed by atoms with Crippen molar-refractivity contribution < 1.29 is 9.53 Å². The molecule has 1 aromatic rings. The van der Waals surface area contributed by atoms with Crippen molar-refractivity contribution in [2.24, 2.45) is 0 Å². The summed E-state index contributed by atoms with van der Waals surface area (Å²) in [5.41, 5.74) is 1.52. The molecule has 0 aromatic heterocycles. The average molecular weight is 360 g/mol. The Hall–Kier alpha value is -1.31. The highest BCUT2D eigenvalue weighted by Crippen LogP contribution is 2.13. The summed E-state index contributed by atoms with van der Waals surface area (Å²) < 4.78 is 5.32. The number of rotatable bonds is 16. The molecule has 0 amide bonds. The molecule has 0 N–H and O–H groups in total. The minimum absolute atomic E-state index is 0.223. The maximum absolute atomic E-state index is 11.8. The molecular weight excluding hydrogens is 320 g/mol. The van der Waals surface area contributed by atoms with Crippen LogP contribution in [0.5, 0.6) is 0 Å². The van der Waals surface area contributed by atoms with Crippen molar-refractivity contribution >= 4 is 5.97 Å². The third-order valence-corrected chi connectivity index (χ3v) is 4.92. The fourth-order valence-electron chi connectivity index (χ4n) is 3.19. The molecule has 0 aliphatic rings. The molecule has 2 nitrogen and oxygen atoms in total. The number of carbonyl (C=O) groups excluding carboxylic acids is 1. The van der Waals surface area contributed by atoms with Crippen molar-refractivity contribution in [2.45, 2.75) is 96.8 Å². The zero-order valence-electron chi connectivity index (χ0n) is 16.9. The van der Waals surface area contributed by atoms with E-state index in [0.717, 1.165) is 18.4 Å². The van der Waals surface area contributed by atoms with E-state index in [1.54, 1.807) is 12.1 Å². The molecule has 0 saturated heterocycles. The molecule has 0 fully saturated rings. The predicted molar refractivity (Wildman–Crippen MR) is 111 cm³/mol. The van der Waals surface area contributed by atoms with Crippen molar-refractivity contribution in [3.63, 3.8) is 0 Å². The molecule has 147 valence electrons. The monoisotopic (exact) mass is 359 g/mol. The van der Waals surface area contributed by atoms with Gasteiger partial charge in [0.1, 0.15) is 0 Å². The van der Waals surface area contributed by atoms with Gasteiger partial charge in [0.2, 0.25) is 0 Å². The van der Waals surface area contributed by atoms with Gasteiger partial charge < -0.3 is 4.74 Å². The first-order valence-corrected chi connectivity index (χ1v) is 10.8. The molecule has 26 heavy (non-hydrogen) atoms. The zero-order chi connectivity index (χ0) is 18.9. The van der Waals surface area contributed by atoms with Crippen molar-refractivity contribution in [3.05, 3.63) is 42.3 Å². The zero-order valence-corrected chi connectivity index (χ0v) is 16.9. The van der Waals surface area contributed by atoms with Gasteiger partial charge in [-0.3, -0.25) is 0 Å². The second-order valence-electron chi connectivity index (χ2n) is 7.43. The molecule has 0 saturated carbocycles. The largest absolute Gasteiger partial charge is 0.462 e. The Morgan fingerprint density at radius 1 is 0.731 bits per heavy atom. The van der Waals surface area contributed by atoms with Gasteiger partial charge in [-0.1, -0.05) is 103 Å². The van der Waals surface area contributed by atoms with Crippen LogP contribution >= 0.6 is 0 Å². The van der Waals surface area contributed by atoms with Crippen LogP contribution in [0.3, 0.4) is 0 Å². The van der Waals surface area contributed by atoms with Crippen molar-refractivity contribution in [1.29, 1.82) is 0 Å². The summed E-state index contributed by atoms with van der Waals surface area (Å²) in [4.78, 5) is 11.8. The standard InChI is InChI=1S/C24H39O2/c1-3-4-5-6-7-8-9-10-11-12-13-14-15-16-21-26-24(25)23-19-17-22(2)18-20-23/h17-20H,2-16,21H2,1H3. The Bertz CT molecular complexity index is 450. The van der Waals surface area contributed by atoms with Crippen LogP contribution in [0.4, 0.5) is 0 Å². The van der Waals surface area contributed by atoms with E-state index >= 15 is 0 Å². The van der Waals surface area contributed by atoms with Crippen LogP contribution in [0, 0.1) is 6.92 Å². The van der Waals surface area contributed by atoms with Gasteiger partial charge in [-0.25, -0.2) is 4.79 Å². The SMILES string of the molecule is [CH2]c1ccc(C(=O)OCCCCCCCCCCCCCCCC)cc1. The first-order chi connectivity index (χ1) is 12.7. The van der Waals surface area contributed by atoms with Crippen LogP contribution in [0.2, 0.25) is 0 Å². The molecule has 0 bridgehead atoms. The van der Waals surface area contributed by atoms with Gasteiger partial charge in [0, 0.05) is 0 Å². The lowest BCUT2D eigenvalue weighted by molar-refractivity contribution is 0.0497. The third kappa shape index (κ3) is 12.1. The topological polar surface area (TPSA) is 26.3 Å². The Balaban J connectivity index is 1.82. The average Bonchev–Trinajstić information content (AvgIpc) is 2.65. The normalized spacial score (nSPS) is 10.8. The highest BCUT2D eigenvalue weighted by molar-refractivity contribution is 5.89. The smallest absolute Gasteiger partial charge is 0.338 e. The fraction of sp³-hybridized carbons (Fsp3) is 0.667. The maximum atomic E-state index is 11.8. The van der Waals surface area contributed by atoms with E-state index in [2.05, 4.69) is 13.8 Å². The quantitative estimate of drug-likeness (QED) is 0.225. The Morgan fingerprint density at radius 3 is 1.62 bits per heavy atom. The van der Waals surface area contributed by atoms with Gasteiger partial charge in [0.05, 0.1) is 12.2 Å². The van der Waals surface area contributed by atoms with Crippen LogP contribution in [0.25, 0.3) is 0 Å². The Kier molecular flexibility index (Phi) is 13.9. The summed E-state index contributed by atoms with van der Waals surface area (Å²) >= 11 is 0. The fourth-order valence-corrected chi connectivity index (χ4v) is 3.19. The number of unbranched alkanes of at least 4 members (excludes halogenated alkanes) is 13. The van der Waals surface area contributed by atoms with Gasteiger partial charge in [-0.15, -0.1) is 0 Å². The number of ether oxygens (including phenoxy) is 1. The van der Waals surface area contributed by atoms with Gasteiger partial charge in [0.15, 0.2) is 0 Å². The van der Waals surface area contributed by atoms with Gasteiger partial charge in [-0.2, -0.15) is 0 Å². The van der Waals surface area contributed by atoms with E-state index in [-0.39, 0.29) is 5.97 Å². The molecule has 0 aliphatic carbocycles. The third-order valence-electron chi connectivity index (χ3n) is 4.92. The highest BCUT2D eigenvalue weighted by Gasteiger charge is 2.05. The van der Waals surface area contributed by atoms with E-state index < -0.39 is 0 Å². The number of hydrogen-bond donors (Lipinski definition) is 0. The van der Waals surface area contributed by atoms with E-state index in [1.165, 1.54) is 77.0 Å². The molecule has 0 aliphatic heterocycles. The molecular formula is C24H39O2. The minimum atomic E-state index is -0.223. The van der Waals surface area contributed by atoms with Crippen LogP contribution in [-0.2, 0) is 4.74 Å². The van der Waals surface area contributed by atoms with Crippen LogP contribution in [0.15, 0.2) is 24.3 Å². The highest BCUT2D eigenvalue weighted by atomic mass is 16.5. The van der Waals surface area contributed by atoms with Crippen molar-refractivity contribution in [1.82, 2.24) is 0 Å². The Labute approximate surface area is 161 Å². The number of esters is 1. The van der Waals surface area contributed by atoms with E-state index in [9.17, 15) is 4.79 Å². The van der Waals surface area contributed by atoms with Gasteiger partial charge in [0.25, 0.3) is 0 Å². The lowest BCUT2D eigenvalue weighted by Gasteiger charge is -2.05. The molecule has 0 spiro atoms. The summed E-state index contributed by atoms with van der Waals surface area (Å²) in [6.07, 6.45) is 18.7. The number of carbonyl (C=O) groups is 1. The molecule has 0 atom stereocenters. The lowest BCUT2D eigenvalue weighted by atomic mass is 10.0. The molecule has 0 heterocycles. The summed E-state index contributed by atoms with van der Waals surface area (Å²) in [7, 11) is 0. The molecule has 1 rings (SSSR count). The van der Waals surface area contributed by atoms with Crippen molar-refractivity contribution in [3.8, 4) is 0 Å². The van der Waals surface area contributed by atoms with E-state index in [4.69, 9.17) is 4.74 Å². The summed E-state index contributed by atoms with van der Waals surface area (Å²) in [5, 5.41) is 0. The van der Waals surface area contributed by atoms with Crippen LogP contribution in [0.1, 0.15) is 113 Å². The Morgan fingerprint density at radius 2 is 1.15 bits per heavy atom. The summed E-state index contributed by atoms with van der Waals surface area (Å²) in [6, 6.07) is 7.22. The number of benzene rings is 1. The molecule has 1 radical (unpaired) electrons. The number of hydrogen-bond acceptors (Lipinski definition) is 2. The van der Waals surface area contributed by atoms with Gasteiger partial charge >= 0.3 is 5.97 Å². The molecule has 0 unspecified atom stereocenters. The maximum Gasteiger partial charge on any atom is 0.338 e. The predicted octanol–water partition coefficient (Wildman–Crippen LogP) is 7.51.